The molecular formula is C13H12F2INO2S. The molecule has 1 atom stereocenters. The number of carbonyl (C=O) groups excluding carboxylic acids is 2. The van der Waals surface area contributed by atoms with Crippen molar-refractivity contribution in [2.45, 2.75) is 13.3 Å². The second-order valence-electron chi connectivity index (χ2n) is 4.59. The van der Waals surface area contributed by atoms with E-state index in [-0.39, 0.29) is 16.9 Å². The molecule has 20 heavy (non-hydrogen) atoms. The van der Waals surface area contributed by atoms with Gasteiger partial charge in [-0.15, -0.1) is 0 Å². The first-order valence-electron chi connectivity index (χ1n) is 5.96. The third kappa shape index (κ3) is 3.49. The topological polar surface area (TPSA) is 37.4 Å². The maximum atomic E-state index is 13.3. The van der Waals surface area contributed by atoms with E-state index < -0.39 is 11.6 Å². The summed E-state index contributed by atoms with van der Waals surface area (Å²) in [5.41, 5.74) is 0.393. The zero-order chi connectivity index (χ0) is 14.9. The number of nitrogens with zero attached hydrogens (tertiary/aromatic N) is 1. The molecule has 1 aromatic rings. The van der Waals surface area contributed by atoms with E-state index in [0.29, 0.717) is 28.0 Å². The monoisotopic (exact) mass is 411 g/mol. The van der Waals surface area contributed by atoms with Gasteiger partial charge in [-0.3, -0.25) is 9.59 Å². The van der Waals surface area contributed by atoms with Gasteiger partial charge in [-0.05, 0) is 34.6 Å². The van der Waals surface area contributed by atoms with Crippen LogP contribution in [-0.2, 0) is 9.59 Å². The molecule has 1 aliphatic heterocycles. The predicted molar refractivity (Wildman–Crippen MR) is 82.7 cm³/mol. The standard InChI is InChI=1S/C13H12F2INO2S/c1-7(18)20-6-8-2-13(19)17(5-8)12-4-10(15)9(14)3-11(12)16/h3-4,8H,2,5-6H2,1H3. The SMILES string of the molecule is CC(=O)SCC1CC(=O)N(c2cc(F)c(F)cc2I)C1. The van der Waals surface area contributed by atoms with E-state index in [1.807, 2.05) is 22.6 Å². The van der Waals surface area contributed by atoms with Crippen LogP contribution >= 0.6 is 34.4 Å². The normalized spacial score (nSPS) is 18.7. The van der Waals surface area contributed by atoms with Crippen LogP contribution in [0.1, 0.15) is 13.3 Å². The molecule has 0 N–H and O–H groups in total. The lowest BCUT2D eigenvalue weighted by molar-refractivity contribution is -0.117. The summed E-state index contributed by atoms with van der Waals surface area (Å²) in [6, 6.07) is 2.13. The number of carbonyl (C=O) groups is 2. The molecule has 0 saturated carbocycles. The molecule has 0 radical (unpaired) electrons. The van der Waals surface area contributed by atoms with Crippen LogP contribution in [0.2, 0.25) is 0 Å². The summed E-state index contributed by atoms with van der Waals surface area (Å²) in [6.07, 6.45) is 0.329. The number of thioether (sulfide) groups is 1. The van der Waals surface area contributed by atoms with E-state index >= 15 is 0 Å². The maximum absolute atomic E-state index is 13.3. The molecule has 1 saturated heterocycles. The number of halogens is 3. The second-order valence-corrected chi connectivity index (χ2v) is 6.95. The van der Waals surface area contributed by atoms with Gasteiger partial charge in [0, 0.05) is 35.3 Å². The minimum atomic E-state index is -0.963. The van der Waals surface area contributed by atoms with Crippen molar-refractivity contribution < 1.29 is 18.4 Å². The van der Waals surface area contributed by atoms with Gasteiger partial charge >= 0.3 is 0 Å². The van der Waals surface area contributed by atoms with Crippen LogP contribution in [0.4, 0.5) is 14.5 Å². The molecule has 3 nitrogen and oxygen atoms in total. The second kappa shape index (κ2) is 6.38. The van der Waals surface area contributed by atoms with E-state index in [1.165, 1.54) is 23.6 Å². The molecule has 108 valence electrons. The van der Waals surface area contributed by atoms with Crippen LogP contribution in [0.5, 0.6) is 0 Å². The minimum Gasteiger partial charge on any atom is -0.311 e. The van der Waals surface area contributed by atoms with Crippen LogP contribution in [-0.4, -0.2) is 23.3 Å². The molecule has 0 bridgehead atoms. The van der Waals surface area contributed by atoms with Crippen LogP contribution in [0.15, 0.2) is 12.1 Å². The van der Waals surface area contributed by atoms with Crippen LogP contribution in [0, 0.1) is 21.1 Å². The quantitative estimate of drug-likeness (QED) is 0.567. The Kier molecular flexibility index (Phi) is 5.00. The molecule has 0 aromatic heterocycles. The van der Waals surface area contributed by atoms with Crippen LogP contribution < -0.4 is 4.90 Å². The molecule has 1 unspecified atom stereocenters. The number of hydrogen-bond acceptors (Lipinski definition) is 3. The van der Waals surface area contributed by atoms with Gasteiger partial charge in [-0.25, -0.2) is 8.78 Å². The summed E-state index contributed by atoms with van der Waals surface area (Å²) in [7, 11) is 0. The van der Waals surface area contributed by atoms with Gasteiger partial charge in [0.2, 0.25) is 5.91 Å². The molecule has 7 heteroatoms. The lowest BCUT2D eigenvalue weighted by atomic mass is 10.1. The number of anilines is 1. The van der Waals surface area contributed by atoms with E-state index in [9.17, 15) is 18.4 Å². The first-order valence-corrected chi connectivity index (χ1v) is 8.03. The van der Waals surface area contributed by atoms with Crippen molar-refractivity contribution in [1.29, 1.82) is 0 Å². The molecule has 1 amide bonds. The average Bonchev–Trinajstić information content (AvgIpc) is 2.72. The van der Waals surface area contributed by atoms with Gasteiger partial charge in [0.15, 0.2) is 16.7 Å². The predicted octanol–water partition coefficient (Wildman–Crippen LogP) is 3.20. The van der Waals surface area contributed by atoms with Gasteiger partial charge in [-0.1, -0.05) is 11.8 Å². The van der Waals surface area contributed by atoms with Crippen molar-refractivity contribution in [2.24, 2.45) is 5.92 Å². The van der Waals surface area contributed by atoms with Crippen molar-refractivity contribution in [3.05, 3.63) is 27.3 Å². The highest BCUT2D eigenvalue weighted by atomic mass is 127. The minimum absolute atomic E-state index is 0.0123. The number of hydrogen-bond donors (Lipinski definition) is 0. The van der Waals surface area contributed by atoms with Gasteiger partial charge < -0.3 is 4.90 Å². The van der Waals surface area contributed by atoms with Crippen molar-refractivity contribution in [3.8, 4) is 0 Å². The summed E-state index contributed by atoms with van der Waals surface area (Å²) in [5, 5.41) is 0.0123. The summed E-state index contributed by atoms with van der Waals surface area (Å²) in [5.74, 6) is -1.38. The fourth-order valence-corrected chi connectivity index (χ4v) is 3.49. The molecule has 1 heterocycles. The van der Waals surface area contributed by atoms with Crippen molar-refractivity contribution in [3.63, 3.8) is 0 Å². The van der Waals surface area contributed by atoms with E-state index in [2.05, 4.69) is 0 Å². The Hall–Kier alpha value is -0.700. The number of benzene rings is 1. The molecule has 1 aromatic carbocycles. The number of rotatable bonds is 3. The largest absolute Gasteiger partial charge is 0.311 e. The first-order chi connectivity index (χ1) is 9.38. The van der Waals surface area contributed by atoms with E-state index in [0.717, 1.165) is 12.1 Å². The highest BCUT2D eigenvalue weighted by Crippen LogP contribution is 2.32. The lowest BCUT2D eigenvalue weighted by Crippen LogP contribution is -2.26. The Balaban J connectivity index is 2.16. The Bertz CT molecular complexity index is 568. The Morgan fingerprint density at radius 3 is 2.75 bits per heavy atom. The highest BCUT2D eigenvalue weighted by molar-refractivity contribution is 14.1. The molecule has 1 fully saturated rings. The van der Waals surface area contributed by atoms with Crippen molar-refractivity contribution >= 4 is 51.1 Å². The molecular weight excluding hydrogens is 399 g/mol. The maximum Gasteiger partial charge on any atom is 0.227 e. The molecule has 0 aliphatic carbocycles. The summed E-state index contributed by atoms with van der Waals surface area (Å²) in [4.78, 5) is 24.4. The summed E-state index contributed by atoms with van der Waals surface area (Å²) >= 11 is 3.07. The zero-order valence-corrected chi connectivity index (χ0v) is 13.6. The van der Waals surface area contributed by atoms with Gasteiger partial charge in [0.1, 0.15) is 0 Å². The first kappa shape index (κ1) is 15.7. The van der Waals surface area contributed by atoms with E-state index in [1.54, 1.807) is 0 Å². The van der Waals surface area contributed by atoms with Gasteiger partial charge in [0.25, 0.3) is 0 Å². The molecule has 0 spiro atoms. The van der Waals surface area contributed by atoms with Crippen molar-refractivity contribution in [1.82, 2.24) is 0 Å². The summed E-state index contributed by atoms with van der Waals surface area (Å²) < 4.78 is 26.9. The third-order valence-corrected chi connectivity index (χ3v) is 4.92. The highest BCUT2D eigenvalue weighted by Gasteiger charge is 2.32. The smallest absolute Gasteiger partial charge is 0.227 e. The van der Waals surface area contributed by atoms with Crippen LogP contribution in [0.25, 0.3) is 0 Å². The molecule has 2 rings (SSSR count). The number of amides is 1. The Labute approximate surface area is 133 Å². The zero-order valence-electron chi connectivity index (χ0n) is 10.7. The van der Waals surface area contributed by atoms with Crippen molar-refractivity contribution in [2.75, 3.05) is 17.2 Å². The third-order valence-electron chi connectivity index (χ3n) is 3.01. The van der Waals surface area contributed by atoms with Gasteiger partial charge in [0.05, 0.1) is 5.69 Å². The van der Waals surface area contributed by atoms with E-state index in [4.69, 9.17) is 0 Å². The average molecular weight is 411 g/mol. The Morgan fingerprint density at radius 1 is 1.45 bits per heavy atom. The fourth-order valence-electron chi connectivity index (χ4n) is 2.08. The molecule has 1 aliphatic rings. The fraction of sp³-hybridized carbons (Fsp3) is 0.385. The lowest BCUT2D eigenvalue weighted by Gasteiger charge is -2.18. The van der Waals surface area contributed by atoms with Crippen LogP contribution in [0.3, 0.4) is 0 Å². The Morgan fingerprint density at radius 2 is 2.10 bits per heavy atom. The van der Waals surface area contributed by atoms with Gasteiger partial charge in [-0.2, -0.15) is 0 Å². The summed E-state index contributed by atoms with van der Waals surface area (Å²) in [6.45, 7) is 1.91.